The highest BCUT2D eigenvalue weighted by Crippen LogP contribution is 2.15. The Hall–Kier alpha value is -3.54. The van der Waals surface area contributed by atoms with Crippen molar-refractivity contribution >= 4 is 42.2 Å². The largest absolute Gasteiger partial charge is 0.465 e. The van der Waals surface area contributed by atoms with Crippen LogP contribution in [0.1, 0.15) is 51.5 Å². The third kappa shape index (κ3) is 12.5. The smallest absolute Gasteiger partial charge is 0.408 e. The van der Waals surface area contributed by atoms with E-state index in [1.54, 1.807) is 24.0 Å². The van der Waals surface area contributed by atoms with Crippen LogP contribution in [0.25, 0.3) is 0 Å². The van der Waals surface area contributed by atoms with Gasteiger partial charge < -0.3 is 35.6 Å². The number of carbonyl (C=O) groups is 4. The van der Waals surface area contributed by atoms with Gasteiger partial charge in [0.1, 0.15) is 19.2 Å². The number of benzene rings is 1. The number of carbonyl (C=O) groups excluding carboxylic acids is 4. The Morgan fingerprint density at radius 2 is 1.90 bits per heavy atom. The van der Waals surface area contributed by atoms with Gasteiger partial charge in [-0.2, -0.15) is 0 Å². The van der Waals surface area contributed by atoms with Crippen LogP contribution in [-0.4, -0.2) is 85.0 Å². The summed E-state index contributed by atoms with van der Waals surface area (Å²) in [4.78, 5) is 54.2. The third-order valence-corrected chi connectivity index (χ3v) is 6.36. The SMILES string of the molecule is CCCCN(CC(=O)OCC)C(=O)[C@H](CC(=O)NC[C@@H]1CCCN(C(=N)N)C1)NC(=O)OCc1ccccc1.Cl. The second-order valence-electron chi connectivity index (χ2n) is 9.52. The third-order valence-electron chi connectivity index (χ3n) is 6.36. The Bertz CT molecular complexity index is 966. The van der Waals surface area contributed by atoms with Crippen molar-refractivity contribution in [2.45, 2.75) is 58.6 Å². The van der Waals surface area contributed by atoms with Crippen LogP contribution < -0.4 is 16.4 Å². The molecule has 0 radical (unpaired) electrons. The number of nitrogens with one attached hydrogen (secondary N) is 3. The van der Waals surface area contributed by atoms with Gasteiger partial charge in [-0.15, -0.1) is 12.4 Å². The van der Waals surface area contributed by atoms with Gasteiger partial charge in [0.15, 0.2) is 5.96 Å². The maximum Gasteiger partial charge on any atom is 0.408 e. The molecule has 1 heterocycles. The lowest BCUT2D eigenvalue weighted by Crippen LogP contribution is -2.52. The first-order valence-corrected chi connectivity index (χ1v) is 13.5. The molecule has 2 rings (SSSR count). The summed E-state index contributed by atoms with van der Waals surface area (Å²) in [6.45, 7) is 5.41. The Balaban J connectivity index is 0.00000800. The molecule has 40 heavy (non-hydrogen) atoms. The molecule has 3 amide bonds. The van der Waals surface area contributed by atoms with Crippen molar-refractivity contribution in [2.24, 2.45) is 11.7 Å². The van der Waals surface area contributed by atoms with E-state index in [-0.39, 0.29) is 57.0 Å². The van der Waals surface area contributed by atoms with E-state index in [1.165, 1.54) is 4.90 Å². The number of hydrogen-bond acceptors (Lipinski definition) is 7. The number of unbranched alkanes of at least 4 members (excludes halogenated alkanes) is 1. The molecule has 0 spiro atoms. The zero-order valence-electron chi connectivity index (χ0n) is 23.4. The van der Waals surface area contributed by atoms with Crippen LogP contribution in [0.2, 0.25) is 0 Å². The molecule has 0 saturated carbocycles. The van der Waals surface area contributed by atoms with Gasteiger partial charge in [0.05, 0.1) is 13.0 Å². The summed E-state index contributed by atoms with van der Waals surface area (Å²) in [6, 6.07) is 7.84. The Morgan fingerprint density at radius 3 is 2.55 bits per heavy atom. The fraction of sp³-hybridized carbons (Fsp3) is 0.593. The van der Waals surface area contributed by atoms with Crippen molar-refractivity contribution in [2.75, 3.05) is 39.3 Å². The van der Waals surface area contributed by atoms with E-state index in [0.717, 1.165) is 24.8 Å². The maximum atomic E-state index is 13.5. The highest BCUT2D eigenvalue weighted by Gasteiger charge is 2.30. The minimum absolute atomic E-state index is 0. The molecule has 2 atom stereocenters. The van der Waals surface area contributed by atoms with Crippen LogP contribution in [0, 0.1) is 11.3 Å². The second-order valence-corrected chi connectivity index (χ2v) is 9.52. The number of rotatable bonds is 14. The Morgan fingerprint density at radius 1 is 1.18 bits per heavy atom. The molecule has 0 unspecified atom stereocenters. The molecule has 1 aliphatic heterocycles. The van der Waals surface area contributed by atoms with Crippen LogP contribution in [-0.2, 0) is 30.5 Å². The second kappa shape index (κ2) is 18.7. The lowest BCUT2D eigenvalue weighted by atomic mass is 9.98. The minimum atomic E-state index is -1.24. The summed E-state index contributed by atoms with van der Waals surface area (Å²) in [5.74, 6) is -1.45. The molecule has 1 aromatic rings. The molecule has 224 valence electrons. The number of piperidine rings is 1. The molecule has 5 N–H and O–H groups in total. The van der Waals surface area contributed by atoms with Gasteiger partial charge in [-0.05, 0) is 37.7 Å². The highest BCUT2D eigenvalue weighted by atomic mass is 35.5. The molecule has 1 aliphatic rings. The summed E-state index contributed by atoms with van der Waals surface area (Å²) >= 11 is 0. The average molecular weight is 583 g/mol. The van der Waals surface area contributed by atoms with E-state index in [0.29, 0.717) is 26.1 Å². The molecule has 1 fully saturated rings. The van der Waals surface area contributed by atoms with Crippen molar-refractivity contribution in [3.05, 3.63) is 35.9 Å². The van der Waals surface area contributed by atoms with Gasteiger partial charge in [-0.3, -0.25) is 19.8 Å². The number of alkyl carbamates (subject to hydrolysis) is 1. The quantitative estimate of drug-likeness (QED) is 0.147. The fourth-order valence-electron chi connectivity index (χ4n) is 4.27. The van der Waals surface area contributed by atoms with Gasteiger partial charge >= 0.3 is 12.1 Å². The minimum Gasteiger partial charge on any atom is -0.465 e. The topological polar surface area (TPSA) is 167 Å². The van der Waals surface area contributed by atoms with E-state index >= 15 is 0 Å². The fourth-order valence-corrected chi connectivity index (χ4v) is 4.27. The summed E-state index contributed by atoms with van der Waals surface area (Å²) in [6.07, 6.45) is 1.98. The van der Waals surface area contributed by atoms with Crippen LogP contribution in [0.3, 0.4) is 0 Å². The first-order chi connectivity index (χ1) is 18.7. The summed E-state index contributed by atoms with van der Waals surface area (Å²) in [5, 5.41) is 13.0. The van der Waals surface area contributed by atoms with Crippen LogP contribution in [0.5, 0.6) is 0 Å². The lowest BCUT2D eigenvalue weighted by Gasteiger charge is -2.33. The van der Waals surface area contributed by atoms with Gasteiger partial charge in [0.25, 0.3) is 0 Å². The van der Waals surface area contributed by atoms with Crippen molar-refractivity contribution in [1.29, 1.82) is 5.41 Å². The number of esters is 1. The van der Waals surface area contributed by atoms with Crippen LogP contribution >= 0.6 is 12.4 Å². The molecule has 0 aliphatic carbocycles. The zero-order valence-corrected chi connectivity index (χ0v) is 24.2. The molecule has 0 aromatic heterocycles. The first-order valence-electron chi connectivity index (χ1n) is 13.5. The van der Waals surface area contributed by atoms with E-state index in [1.807, 2.05) is 25.1 Å². The predicted octanol–water partition coefficient (Wildman–Crippen LogP) is 2.01. The van der Waals surface area contributed by atoms with Crippen molar-refractivity contribution < 1.29 is 28.7 Å². The number of likely N-dealkylation sites (tertiary alicyclic amines) is 1. The number of hydrogen-bond donors (Lipinski definition) is 4. The van der Waals surface area contributed by atoms with Gasteiger partial charge in [0, 0.05) is 26.2 Å². The van der Waals surface area contributed by atoms with E-state index in [2.05, 4.69) is 10.6 Å². The number of nitrogens with zero attached hydrogens (tertiary/aromatic N) is 2. The summed E-state index contributed by atoms with van der Waals surface area (Å²) < 4.78 is 10.3. The zero-order chi connectivity index (χ0) is 28.6. The first kappa shape index (κ1) is 34.5. The molecular weight excluding hydrogens is 540 g/mol. The van der Waals surface area contributed by atoms with Crippen LogP contribution in [0.4, 0.5) is 4.79 Å². The standard InChI is InChI=1S/C27H42N6O6.ClH/c1-3-5-13-32(18-24(35)38-4-2)25(36)22(31-27(37)39-19-20-10-7-6-8-11-20)15-23(34)30-16-21-12-9-14-33(17-21)26(28)29;/h6-8,10-11,21-22H,3-5,9,12-19H2,1-2H3,(H3,28,29)(H,30,34)(H,31,37);1H/t21-,22-;/m0./s1. The summed E-state index contributed by atoms with van der Waals surface area (Å²) in [7, 11) is 0. The molecule has 0 bridgehead atoms. The number of guanidine groups is 1. The van der Waals surface area contributed by atoms with Gasteiger partial charge in [-0.1, -0.05) is 43.7 Å². The Labute approximate surface area is 242 Å². The van der Waals surface area contributed by atoms with Crippen molar-refractivity contribution in [3.63, 3.8) is 0 Å². The van der Waals surface area contributed by atoms with Gasteiger partial charge in [-0.25, -0.2) is 4.79 Å². The average Bonchev–Trinajstić information content (AvgIpc) is 2.93. The molecule has 1 saturated heterocycles. The van der Waals surface area contributed by atoms with E-state index in [9.17, 15) is 19.2 Å². The maximum absolute atomic E-state index is 13.5. The normalized spacial score (nSPS) is 15.2. The van der Waals surface area contributed by atoms with Crippen molar-refractivity contribution in [3.8, 4) is 0 Å². The van der Waals surface area contributed by atoms with E-state index in [4.69, 9.17) is 20.6 Å². The molecular formula is C27H43ClN6O6. The number of ether oxygens (including phenoxy) is 2. The number of amides is 3. The number of nitrogens with two attached hydrogens (primary N) is 1. The lowest BCUT2D eigenvalue weighted by molar-refractivity contribution is -0.149. The van der Waals surface area contributed by atoms with Gasteiger partial charge in [0.2, 0.25) is 11.8 Å². The van der Waals surface area contributed by atoms with Crippen LogP contribution in [0.15, 0.2) is 30.3 Å². The van der Waals surface area contributed by atoms with E-state index < -0.39 is 29.9 Å². The highest BCUT2D eigenvalue weighted by molar-refractivity contribution is 5.92. The predicted molar refractivity (Wildman–Crippen MR) is 153 cm³/mol. The molecule has 13 heteroatoms. The number of halogens is 1. The molecule has 1 aromatic carbocycles. The monoisotopic (exact) mass is 582 g/mol. The van der Waals surface area contributed by atoms with Crippen molar-refractivity contribution in [1.82, 2.24) is 20.4 Å². The molecule has 12 nitrogen and oxygen atoms in total. The Kier molecular flexibility index (Phi) is 16.1. The summed E-state index contributed by atoms with van der Waals surface area (Å²) in [5.41, 5.74) is 6.37.